The Labute approximate surface area is 126 Å². The van der Waals surface area contributed by atoms with Crippen LogP contribution in [0.3, 0.4) is 0 Å². The zero-order valence-corrected chi connectivity index (χ0v) is 13.6. The highest BCUT2D eigenvalue weighted by Gasteiger charge is 2.17. The fraction of sp³-hybridized carbons (Fsp3) is 0.714. The fourth-order valence-corrected chi connectivity index (χ4v) is 2.04. The first-order valence-electron chi connectivity index (χ1n) is 7.12. The zero-order chi connectivity index (χ0) is 15.8. The largest absolute Gasteiger partial charge is 0.385 e. The lowest BCUT2D eigenvalue weighted by atomic mass is 10.1. The zero-order valence-electron chi connectivity index (χ0n) is 13.6. The maximum absolute atomic E-state index is 11.9. The number of methoxy groups -OCH3 is 1. The average Bonchev–Trinajstić information content (AvgIpc) is 2.82. The van der Waals surface area contributed by atoms with Gasteiger partial charge in [0.05, 0.1) is 12.2 Å². The van der Waals surface area contributed by atoms with Crippen LogP contribution >= 0.6 is 0 Å². The first-order chi connectivity index (χ1) is 9.93. The number of rotatable bonds is 8. The van der Waals surface area contributed by atoms with Crippen LogP contribution in [0.4, 0.5) is 4.79 Å². The molecule has 0 aliphatic heterocycles. The lowest BCUT2D eigenvalue weighted by Gasteiger charge is -2.24. The van der Waals surface area contributed by atoms with E-state index >= 15 is 0 Å². The van der Waals surface area contributed by atoms with E-state index in [0.717, 1.165) is 12.0 Å². The van der Waals surface area contributed by atoms with Crippen LogP contribution in [0.5, 0.6) is 0 Å². The monoisotopic (exact) mass is 297 g/mol. The summed E-state index contributed by atoms with van der Waals surface area (Å²) < 4.78 is 6.76. The quantitative estimate of drug-likeness (QED) is 0.743. The molecule has 2 amide bonds. The van der Waals surface area contributed by atoms with Crippen molar-refractivity contribution in [3.63, 3.8) is 0 Å². The van der Waals surface area contributed by atoms with Crippen LogP contribution in [0.2, 0.25) is 0 Å². The Kier molecular flexibility index (Phi) is 7.18. The molecule has 7 heteroatoms. The molecule has 2 N–H and O–H groups in total. The van der Waals surface area contributed by atoms with Crippen LogP contribution in [-0.2, 0) is 11.8 Å². The van der Waals surface area contributed by atoms with Gasteiger partial charge in [0.15, 0.2) is 0 Å². The molecule has 0 aliphatic carbocycles. The highest BCUT2D eigenvalue weighted by molar-refractivity contribution is 5.74. The molecule has 0 bridgehead atoms. The number of aryl methyl sites for hydroxylation is 1. The van der Waals surface area contributed by atoms with Crippen LogP contribution in [0.25, 0.3) is 0 Å². The molecule has 2 atom stereocenters. The normalized spacial score (nSPS) is 14.0. The van der Waals surface area contributed by atoms with Gasteiger partial charge in [0.1, 0.15) is 0 Å². The van der Waals surface area contributed by atoms with Crippen molar-refractivity contribution in [2.45, 2.75) is 25.4 Å². The second-order valence-electron chi connectivity index (χ2n) is 5.46. The number of ether oxygens (including phenoxy) is 1. The number of urea groups is 1. The lowest BCUT2D eigenvalue weighted by molar-refractivity contribution is 0.183. The number of hydrogen-bond acceptors (Lipinski definition) is 4. The third-order valence-electron chi connectivity index (χ3n) is 3.32. The van der Waals surface area contributed by atoms with E-state index in [9.17, 15) is 4.79 Å². The second-order valence-corrected chi connectivity index (χ2v) is 5.46. The summed E-state index contributed by atoms with van der Waals surface area (Å²) in [6.07, 6.45) is 4.58. The van der Waals surface area contributed by atoms with E-state index in [1.807, 2.05) is 40.5 Å². The molecule has 0 unspecified atom stereocenters. The Morgan fingerprint density at radius 1 is 1.52 bits per heavy atom. The van der Waals surface area contributed by atoms with Crippen LogP contribution in [0, 0.1) is 0 Å². The third kappa shape index (κ3) is 6.14. The van der Waals surface area contributed by atoms with Gasteiger partial charge in [0.25, 0.3) is 0 Å². The van der Waals surface area contributed by atoms with E-state index in [-0.39, 0.29) is 18.1 Å². The highest BCUT2D eigenvalue weighted by Crippen LogP contribution is 2.15. The molecule has 0 saturated heterocycles. The molecule has 0 saturated carbocycles. The number of carbonyl (C=O) groups excluding carboxylic acids is 1. The summed E-state index contributed by atoms with van der Waals surface area (Å²) in [6, 6.07) is 0.0224. The van der Waals surface area contributed by atoms with E-state index in [0.29, 0.717) is 13.2 Å². The number of aromatic nitrogens is 2. The molecule has 21 heavy (non-hydrogen) atoms. The Morgan fingerprint density at radius 2 is 2.24 bits per heavy atom. The summed E-state index contributed by atoms with van der Waals surface area (Å²) in [6.45, 7) is 3.13. The number of nitrogens with zero attached hydrogens (tertiary/aromatic N) is 3. The summed E-state index contributed by atoms with van der Waals surface area (Å²) in [7, 11) is 7.51. The van der Waals surface area contributed by atoms with Gasteiger partial charge in [-0.05, 0) is 27.4 Å². The van der Waals surface area contributed by atoms with Crippen LogP contribution in [0.15, 0.2) is 12.4 Å². The standard InChI is InChI=1S/C14H27N5O2/c1-11(6-7-21-5)17-14(20)15-9-13(18(2)3)12-8-16-19(4)10-12/h8,10-11,13H,6-7,9H2,1-5H3,(H2,15,17,20)/t11-,13-/m0/s1. The van der Waals surface area contributed by atoms with Gasteiger partial charge in [-0.1, -0.05) is 0 Å². The number of amides is 2. The van der Waals surface area contributed by atoms with Crippen molar-refractivity contribution >= 4 is 6.03 Å². The molecular formula is C14H27N5O2. The van der Waals surface area contributed by atoms with Crippen molar-refractivity contribution in [1.82, 2.24) is 25.3 Å². The predicted octanol–water partition coefficient (Wildman–Crippen LogP) is 0.747. The molecular weight excluding hydrogens is 270 g/mol. The highest BCUT2D eigenvalue weighted by atomic mass is 16.5. The average molecular weight is 297 g/mol. The molecule has 0 aromatic carbocycles. The van der Waals surface area contributed by atoms with Crippen molar-refractivity contribution in [3.8, 4) is 0 Å². The van der Waals surface area contributed by atoms with E-state index < -0.39 is 0 Å². The smallest absolute Gasteiger partial charge is 0.315 e. The topological polar surface area (TPSA) is 71.4 Å². The van der Waals surface area contributed by atoms with Gasteiger partial charge in [-0.3, -0.25) is 4.68 Å². The van der Waals surface area contributed by atoms with Crippen LogP contribution < -0.4 is 10.6 Å². The van der Waals surface area contributed by atoms with E-state index in [1.54, 1.807) is 11.8 Å². The lowest BCUT2D eigenvalue weighted by Crippen LogP contribution is -2.44. The van der Waals surface area contributed by atoms with Gasteiger partial charge in [0.2, 0.25) is 0 Å². The van der Waals surface area contributed by atoms with Crippen LogP contribution in [-0.4, -0.2) is 61.1 Å². The second kappa shape index (κ2) is 8.63. The fourth-order valence-electron chi connectivity index (χ4n) is 2.04. The van der Waals surface area contributed by atoms with Crippen molar-refractivity contribution in [2.75, 3.05) is 34.4 Å². The summed E-state index contributed by atoms with van der Waals surface area (Å²) in [5.74, 6) is 0. The minimum atomic E-state index is -0.158. The molecule has 1 aromatic heterocycles. The third-order valence-corrected chi connectivity index (χ3v) is 3.32. The molecule has 0 spiro atoms. The Bertz CT molecular complexity index is 433. The van der Waals surface area contributed by atoms with Gasteiger partial charge >= 0.3 is 6.03 Å². The van der Waals surface area contributed by atoms with Gasteiger partial charge in [-0.15, -0.1) is 0 Å². The van der Waals surface area contributed by atoms with Gasteiger partial charge in [-0.25, -0.2) is 4.79 Å². The summed E-state index contributed by atoms with van der Waals surface area (Å²) in [5.41, 5.74) is 1.08. The minimum Gasteiger partial charge on any atom is -0.385 e. The molecule has 1 rings (SSSR count). The maximum atomic E-state index is 11.9. The number of nitrogens with one attached hydrogen (secondary N) is 2. The molecule has 0 radical (unpaired) electrons. The Hall–Kier alpha value is -1.60. The summed E-state index contributed by atoms with van der Waals surface area (Å²) >= 11 is 0. The molecule has 7 nitrogen and oxygen atoms in total. The van der Waals surface area contributed by atoms with E-state index in [1.165, 1.54) is 0 Å². The number of likely N-dealkylation sites (N-methyl/N-ethyl adjacent to an activating group) is 1. The van der Waals surface area contributed by atoms with Crippen molar-refractivity contribution in [2.24, 2.45) is 7.05 Å². The van der Waals surface area contributed by atoms with Crippen molar-refractivity contribution in [3.05, 3.63) is 18.0 Å². The van der Waals surface area contributed by atoms with Gasteiger partial charge in [-0.2, -0.15) is 5.10 Å². The van der Waals surface area contributed by atoms with Crippen molar-refractivity contribution in [1.29, 1.82) is 0 Å². The number of carbonyl (C=O) groups is 1. The van der Waals surface area contributed by atoms with Crippen molar-refractivity contribution < 1.29 is 9.53 Å². The predicted molar refractivity (Wildman–Crippen MR) is 82.1 cm³/mol. The Morgan fingerprint density at radius 3 is 2.76 bits per heavy atom. The summed E-state index contributed by atoms with van der Waals surface area (Å²) in [4.78, 5) is 13.9. The molecule has 1 heterocycles. The van der Waals surface area contributed by atoms with E-state index in [2.05, 4.69) is 20.6 Å². The van der Waals surface area contributed by atoms with Crippen LogP contribution in [0.1, 0.15) is 24.9 Å². The molecule has 120 valence electrons. The summed E-state index contributed by atoms with van der Waals surface area (Å²) in [5, 5.41) is 9.98. The van der Waals surface area contributed by atoms with Gasteiger partial charge < -0.3 is 20.3 Å². The first kappa shape index (κ1) is 17.5. The molecule has 1 aromatic rings. The molecule has 0 fully saturated rings. The minimum absolute atomic E-state index is 0.0844. The first-order valence-corrected chi connectivity index (χ1v) is 7.12. The maximum Gasteiger partial charge on any atom is 0.315 e. The molecule has 0 aliphatic rings. The van der Waals surface area contributed by atoms with Gasteiger partial charge in [0, 0.05) is 45.1 Å². The number of hydrogen-bond donors (Lipinski definition) is 2. The SMILES string of the molecule is COCC[C@H](C)NC(=O)NC[C@@H](c1cnn(C)c1)N(C)C. The Balaban J connectivity index is 2.45. The van der Waals surface area contributed by atoms with E-state index in [4.69, 9.17) is 4.74 Å².